The molecule has 1 atom stereocenters. The summed E-state index contributed by atoms with van der Waals surface area (Å²) in [5, 5.41) is 6.03. The zero-order chi connectivity index (χ0) is 15.8. The second-order valence-electron chi connectivity index (χ2n) is 5.49. The summed E-state index contributed by atoms with van der Waals surface area (Å²) in [5.74, 6) is 0. The third-order valence-corrected chi connectivity index (χ3v) is 4.17. The molecule has 1 fully saturated rings. The van der Waals surface area contributed by atoms with Crippen LogP contribution in [-0.4, -0.2) is 43.8 Å². The van der Waals surface area contributed by atoms with Crippen molar-refractivity contribution in [1.29, 1.82) is 0 Å². The van der Waals surface area contributed by atoms with Gasteiger partial charge < -0.3 is 10.6 Å². The lowest BCUT2D eigenvalue weighted by Gasteiger charge is -2.35. The van der Waals surface area contributed by atoms with Gasteiger partial charge in [-0.05, 0) is 43.6 Å². The first kappa shape index (κ1) is 17.0. The number of benzene rings is 1. The van der Waals surface area contributed by atoms with Crippen LogP contribution in [0.4, 0.5) is 9.18 Å². The van der Waals surface area contributed by atoms with E-state index >= 15 is 0 Å². The molecule has 0 bridgehead atoms. The van der Waals surface area contributed by atoms with E-state index in [9.17, 15) is 9.18 Å². The Balaban J connectivity index is 2.01. The van der Waals surface area contributed by atoms with Crippen LogP contribution in [0.15, 0.2) is 24.3 Å². The maximum absolute atomic E-state index is 12.1. The Hall–Kier alpha value is -1.33. The minimum Gasteiger partial charge on any atom is -0.336 e. The number of amides is 2. The summed E-state index contributed by atoms with van der Waals surface area (Å²) in [4.78, 5) is 14.0. The van der Waals surface area contributed by atoms with Crippen LogP contribution in [0.25, 0.3) is 0 Å². The van der Waals surface area contributed by atoms with Gasteiger partial charge in [0.15, 0.2) is 0 Å². The van der Waals surface area contributed by atoms with Gasteiger partial charge in [-0.2, -0.15) is 0 Å². The van der Waals surface area contributed by atoms with Crippen molar-refractivity contribution in [2.24, 2.45) is 0 Å². The number of carbonyl (C=O) groups excluding carboxylic acids is 1. The lowest BCUT2D eigenvalue weighted by Crippen LogP contribution is -2.44. The van der Waals surface area contributed by atoms with Crippen LogP contribution in [-0.2, 0) is 0 Å². The number of nitrogens with one attached hydrogen (secondary N) is 2. The quantitative estimate of drug-likeness (QED) is 0.843. The molecule has 1 saturated heterocycles. The first-order chi connectivity index (χ1) is 10.7. The highest BCUT2D eigenvalue weighted by molar-refractivity contribution is 6.30. The number of urea groups is 1. The molecule has 0 radical (unpaired) electrons. The average molecular weight is 328 g/mol. The van der Waals surface area contributed by atoms with Gasteiger partial charge in [0.25, 0.3) is 0 Å². The van der Waals surface area contributed by atoms with Crippen LogP contribution in [0, 0.1) is 0 Å². The highest BCUT2D eigenvalue weighted by Gasteiger charge is 2.22. The van der Waals surface area contributed by atoms with Gasteiger partial charge in [0.1, 0.15) is 6.67 Å². The molecule has 0 aliphatic carbocycles. The first-order valence-electron chi connectivity index (χ1n) is 7.78. The summed E-state index contributed by atoms with van der Waals surface area (Å²) in [7, 11) is 0. The molecule has 0 saturated carbocycles. The number of rotatable bonds is 6. The van der Waals surface area contributed by atoms with Crippen molar-refractivity contribution < 1.29 is 9.18 Å². The fourth-order valence-electron chi connectivity index (χ4n) is 2.79. The van der Waals surface area contributed by atoms with Gasteiger partial charge in [-0.25, -0.2) is 9.18 Å². The monoisotopic (exact) mass is 327 g/mol. The second kappa shape index (κ2) is 8.96. The molecule has 0 unspecified atom stereocenters. The van der Waals surface area contributed by atoms with Gasteiger partial charge in [-0.3, -0.25) is 4.90 Å². The third-order valence-electron chi connectivity index (χ3n) is 3.92. The first-order valence-corrected chi connectivity index (χ1v) is 8.15. The van der Waals surface area contributed by atoms with E-state index in [-0.39, 0.29) is 18.6 Å². The lowest BCUT2D eigenvalue weighted by atomic mass is 10.0. The Bertz CT molecular complexity index is 463. The Kier molecular flexibility index (Phi) is 6.93. The summed E-state index contributed by atoms with van der Waals surface area (Å²) in [6, 6.07) is 7.54. The van der Waals surface area contributed by atoms with Crippen molar-refractivity contribution in [3.63, 3.8) is 0 Å². The van der Waals surface area contributed by atoms with E-state index in [1.165, 1.54) is 19.3 Å². The lowest BCUT2D eigenvalue weighted by molar-refractivity contribution is 0.160. The number of halogens is 2. The highest BCUT2D eigenvalue weighted by Crippen LogP contribution is 2.25. The molecule has 1 aliphatic heterocycles. The van der Waals surface area contributed by atoms with Crippen molar-refractivity contribution in [3.8, 4) is 0 Å². The third kappa shape index (κ3) is 5.14. The molecule has 0 spiro atoms. The van der Waals surface area contributed by atoms with E-state index in [0.29, 0.717) is 11.6 Å². The fourth-order valence-corrected chi connectivity index (χ4v) is 2.91. The molecule has 122 valence electrons. The number of alkyl halides is 1. The van der Waals surface area contributed by atoms with Gasteiger partial charge in [-0.1, -0.05) is 30.2 Å². The molecule has 2 rings (SSSR count). The Morgan fingerprint density at radius 3 is 2.50 bits per heavy atom. The van der Waals surface area contributed by atoms with Crippen LogP contribution < -0.4 is 10.6 Å². The predicted molar refractivity (Wildman–Crippen MR) is 87.0 cm³/mol. The molecule has 2 N–H and O–H groups in total. The van der Waals surface area contributed by atoms with Crippen LogP contribution >= 0.6 is 11.6 Å². The number of nitrogens with zero attached hydrogens (tertiary/aromatic N) is 1. The van der Waals surface area contributed by atoms with E-state index in [0.717, 1.165) is 18.7 Å². The minimum absolute atomic E-state index is 0.0428. The molecule has 1 aromatic carbocycles. The van der Waals surface area contributed by atoms with E-state index < -0.39 is 6.67 Å². The normalized spacial score (nSPS) is 17.0. The average Bonchev–Trinajstić information content (AvgIpc) is 2.55. The fraction of sp³-hybridized carbons (Fsp3) is 0.562. The van der Waals surface area contributed by atoms with E-state index in [2.05, 4.69) is 15.5 Å². The Labute approximate surface area is 136 Å². The summed E-state index contributed by atoms with van der Waals surface area (Å²) < 4.78 is 12.1. The van der Waals surface area contributed by atoms with Crippen LogP contribution in [0.3, 0.4) is 0 Å². The maximum Gasteiger partial charge on any atom is 0.314 e. The number of piperidine rings is 1. The van der Waals surface area contributed by atoms with Crippen molar-refractivity contribution in [2.45, 2.75) is 25.3 Å². The Morgan fingerprint density at radius 2 is 1.86 bits per heavy atom. The summed E-state index contributed by atoms with van der Waals surface area (Å²) in [6.07, 6.45) is 3.62. The zero-order valence-electron chi connectivity index (χ0n) is 12.7. The predicted octanol–water partition coefficient (Wildman–Crippen LogP) is 3.14. The SMILES string of the molecule is O=C(NCCF)NC[C@@H](c1ccc(Cl)cc1)N1CCCCC1. The van der Waals surface area contributed by atoms with Crippen molar-refractivity contribution in [2.75, 3.05) is 32.9 Å². The molecule has 6 heteroatoms. The molecule has 1 heterocycles. The summed E-state index contributed by atoms with van der Waals surface area (Å²) in [6.45, 7) is 2.04. The number of carbonyl (C=O) groups is 1. The topological polar surface area (TPSA) is 44.4 Å². The number of likely N-dealkylation sites (tertiary alicyclic amines) is 1. The maximum atomic E-state index is 12.1. The smallest absolute Gasteiger partial charge is 0.314 e. The Morgan fingerprint density at radius 1 is 1.18 bits per heavy atom. The number of hydrogen-bond donors (Lipinski definition) is 2. The van der Waals surface area contributed by atoms with Gasteiger partial charge >= 0.3 is 6.03 Å². The molecule has 0 aromatic heterocycles. The van der Waals surface area contributed by atoms with Gasteiger partial charge in [-0.15, -0.1) is 0 Å². The molecule has 22 heavy (non-hydrogen) atoms. The van der Waals surface area contributed by atoms with Gasteiger partial charge in [0, 0.05) is 18.1 Å². The van der Waals surface area contributed by atoms with Crippen molar-refractivity contribution in [3.05, 3.63) is 34.9 Å². The van der Waals surface area contributed by atoms with Crippen LogP contribution in [0.2, 0.25) is 5.02 Å². The minimum atomic E-state index is -0.555. The van der Waals surface area contributed by atoms with Crippen LogP contribution in [0.1, 0.15) is 30.9 Å². The summed E-state index contributed by atoms with van der Waals surface area (Å²) in [5.41, 5.74) is 1.14. The largest absolute Gasteiger partial charge is 0.336 e. The van der Waals surface area contributed by atoms with E-state index in [1.54, 1.807) is 0 Å². The van der Waals surface area contributed by atoms with E-state index in [1.807, 2.05) is 24.3 Å². The van der Waals surface area contributed by atoms with Crippen molar-refractivity contribution in [1.82, 2.24) is 15.5 Å². The number of hydrogen-bond acceptors (Lipinski definition) is 2. The molecule has 1 aliphatic rings. The summed E-state index contributed by atoms with van der Waals surface area (Å²) >= 11 is 5.96. The van der Waals surface area contributed by atoms with Gasteiger partial charge in [0.2, 0.25) is 0 Å². The molecular weight excluding hydrogens is 305 g/mol. The van der Waals surface area contributed by atoms with E-state index in [4.69, 9.17) is 11.6 Å². The molecule has 4 nitrogen and oxygen atoms in total. The van der Waals surface area contributed by atoms with Gasteiger partial charge in [0.05, 0.1) is 6.04 Å². The second-order valence-corrected chi connectivity index (χ2v) is 5.93. The van der Waals surface area contributed by atoms with Crippen LogP contribution in [0.5, 0.6) is 0 Å². The standard InChI is InChI=1S/C16H23ClFN3O/c17-14-6-4-13(5-7-14)15(21-10-2-1-3-11-21)12-20-16(22)19-9-8-18/h4-7,15H,1-3,8-12H2,(H2,19,20,22)/t15-/m0/s1. The molecule has 1 aromatic rings. The highest BCUT2D eigenvalue weighted by atomic mass is 35.5. The molecule has 2 amide bonds. The van der Waals surface area contributed by atoms with Crippen molar-refractivity contribution >= 4 is 17.6 Å². The molecular formula is C16H23ClFN3O. The zero-order valence-corrected chi connectivity index (χ0v) is 13.4.